The zero-order valence-electron chi connectivity index (χ0n) is 10.9. The number of aliphatic hydroxyl groups is 1. The molecule has 1 aromatic heterocycles. The third kappa shape index (κ3) is 3.21. The predicted octanol–water partition coefficient (Wildman–Crippen LogP) is 2.26. The normalized spacial score (nSPS) is 24.6. The van der Waals surface area contributed by atoms with E-state index in [1.54, 1.807) is 12.4 Å². The van der Waals surface area contributed by atoms with Gasteiger partial charge < -0.3 is 14.6 Å². The summed E-state index contributed by atoms with van der Waals surface area (Å²) in [6, 6.07) is 1.90. The van der Waals surface area contributed by atoms with Gasteiger partial charge in [0.2, 0.25) is 0 Å². The minimum atomic E-state index is -0.824. The second-order valence-corrected chi connectivity index (χ2v) is 4.76. The Bertz CT molecular complexity index is 373. The molecule has 1 N–H and O–H groups in total. The summed E-state index contributed by atoms with van der Waals surface area (Å²) in [5.74, 6) is 0.730. The van der Waals surface area contributed by atoms with Gasteiger partial charge in [-0.3, -0.25) is 4.98 Å². The van der Waals surface area contributed by atoms with E-state index < -0.39 is 5.60 Å². The van der Waals surface area contributed by atoms with E-state index in [9.17, 15) is 5.11 Å². The van der Waals surface area contributed by atoms with Crippen molar-refractivity contribution in [2.75, 3.05) is 19.8 Å². The molecule has 4 heteroatoms. The lowest BCUT2D eigenvalue weighted by molar-refractivity contribution is 0.0139. The van der Waals surface area contributed by atoms with Crippen LogP contribution in [0.4, 0.5) is 0 Å². The third-order valence-corrected chi connectivity index (χ3v) is 3.26. The standard InChI is InChI=1S/C14H21NO3/c1-2-6-18-13-9-12(10-15-11-13)14(16)4-3-7-17-8-5-14/h9-11,16H,2-8H2,1H3. The van der Waals surface area contributed by atoms with E-state index in [0.29, 0.717) is 26.1 Å². The summed E-state index contributed by atoms with van der Waals surface area (Å²) in [7, 11) is 0. The Kier molecular flexibility index (Phi) is 4.55. The first-order valence-electron chi connectivity index (χ1n) is 6.63. The Hall–Kier alpha value is -1.13. The van der Waals surface area contributed by atoms with Crippen molar-refractivity contribution in [2.24, 2.45) is 0 Å². The van der Waals surface area contributed by atoms with E-state index in [1.165, 1.54) is 0 Å². The van der Waals surface area contributed by atoms with Gasteiger partial charge in [0.1, 0.15) is 5.75 Å². The zero-order chi connectivity index (χ0) is 12.8. The average molecular weight is 251 g/mol. The zero-order valence-corrected chi connectivity index (χ0v) is 10.9. The molecule has 0 aliphatic carbocycles. The highest BCUT2D eigenvalue weighted by atomic mass is 16.5. The smallest absolute Gasteiger partial charge is 0.137 e. The van der Waals surface area contributed by atoms with Crippen LogP contribution in [0.2, 0.25) is 0 Å². The van der Waals surface area contributed by atoms with Crippen LogP contribution in [0.1, 0.15) is 38.2 Å². The SMILES string of the molecule is CCCOc1cncc(C2(O)CCCOCC2)c1. The van der Waals surface area contributed by atoms with E-state index in [2.05, 4.69) is 11.9 Å². The molecule has 0 aromatic carbocycles. The van der Waals surface area contributed by atoms with Crippen molar-refractivity contribution in [3.63, 3.8) is 0 Å². The molecule has 0 radical (unpaired) electrons. The Labute approximate surface area is 108 Å². The van der Waals surface area contributed by atoms with E-state index in [1.807, 2.05) is 6.07 Å². The van der Waals surface area contributed by atoms with E-state index in [4.69, 9.17) is 9.47 Å². The van der Waals surface area contributed by atoms with E-state index in [-0.39, 0.29) is 0 Å². The molecule has 1 atom stereocenters. The van der Waals surface area contributed by atoms with Crippen LogP contribution in [-0.4, -0.2) is 29.9 Å². The van der Waals surface area contributed by atoms with Crippen LogP contribution in [0.3, 0.4) is 0 Å². The van der Waals surface area contributed by atoms with Gasteiger partial charge in [-0.1, -0.05) is 6.92 Å². The van der Waals surface area contributed by atoms with Crippen molar-refractivity contribution in [1.29, 1.82) is 0 Å². The number of nitrogens with zero attached hydrogens (tertiary/aromatic N) is 1. The first-order chi connectivity index (χ1) is 8.74. The molecule has 0 bridgehead atoms. The fourth-order valence-electron chi connectivity index (χ4n) is 2.20. The largest absolute Gasteiger partial charge is 0.492 e. The van der Waals surface area contributed by atoms with Crippen LogP contribution in [0.25, 0.3) is 0 Å². The van der Waals surface area contributed by atoms with Crippen molar-refractivity contribution in [2.45, 2.75) is 38.2 Å². The summed E-state index contributed by atoms with van der Waals surface area (Å²) < 4.78 is 11.0. The molecule has 1 aliphatic heterocycles. The van der Waals surface area contributed by atoms with Gasteiger partial charge >= 0.3 is 0 Å². The molecule has 100 valence electrons. The Morgan fingerprint density at radius 2 is 2.28 bits per heavy atom. The molecule has 4 nitrogen and oxygen atoms in total. The van der Waals surface area contributed by atoms with E-state index >= 15 is 0 Å². The molecule has 1 saturated heterocycles. The van der Waals surface area contributed by atoms with Crippen LogP contribution < -0.4 is 4.74 Å². The van der Waals surface area contributed by atoms with Gasteiger partial charge in [-0.15, -0.1) is 0 Å². The van der Waals surface area contributed by atoms with Gasteiger partial charge in [0.15, 0.2) is 0 Å². The Morgan fingerprint density at radius 3 is 3.11 bits per heavy atom. The highest BCUT2D eigenvalue weighted by molar-refractivity contribution is 5.28. The lowest BCUT2D eigenvalue weighted by atomic mass is 9.88. The molecule has 18 heavy (non-hydrogen) atoms. The molecular weight excluding hydrogens is 230 g/mol. The van der Waals surface area contributed by atoms with Gasteiger partial charge in [0.05, 0.1) is 18.4 Å². The first-order valence-corrected chi connectivity index (χ1v) is 6.63. The number of aromatic nitrogens is 1. The number of pyridine rings is 1. The lowest BCUT2D eigenvalue weighted by Gasteiger charge is -2.26. The van der Waals surface area contributed by atoms with Gasteiger partial charge in [0.25, 0.3) is 0 Å². The first kappa shape index (κ1) is 13.3. The maximum absolute atomic E-state index is 10.7. The minimum absolute atomic E-state index is 0.594. The summed E-state index contributed by atoms with van der Waals surface area (Å²) in [6.07, 6.45) is 6.58. The minimum Gasteiger partial charge on any atom is -0.492 e. The highest BCUT2D eigenvalue weighted by Crippen LogP contribution is 2.33. The number of rotatable bonds is 4. The van der Waals surface area contributed by atoms with Crippen molar-refractivity contribution < 1.29 is 14.6 Å². The van der Waals surface area contributed by atoms with Crippen molar-refractivity contribution in [3.8, 4) is 5.75 Å². The molecule has 0 spiro atoms. The lowest BCUT2D eigenvalue weighted by Crippen LogP contribution is -2.26. The summed E-state index contributed by atoms with van der Waals surface area (Å²) >= 11 is 0. The van der Waals surface area contributed by atoms with Crippen molar-refractivity contribution in [3.05, 3.63) is 24.0 Å². The van der Waals surface area contributed by atoms with Gasteiger partial charge in [-0.25, -0.2) is 0 Å². The number of hydrogen-bond acceptors (Lipinski definition) is 4. The molecule has 1 unspecified atom stereocenters. The van der Waals surface area contributed by atoms with Gasteiger partial charge in [-0.05, 0) is 25.3 Å². The number of hydrogen-bond donors (Lipinski definition) is 1. The van der Waals surface area contributed by atoms with Gasteiger partial charge in [0, 0.05) is 31.4 Å². The predicted molar refractivity (Wildman–Crippen MR) is 68.6 cm³/mol. The molecule has 0 saturated carbocycles. The topological polar surface area (TPSA) is 51.6 Å². The molecule has 0 amide bonds. The molecule has 1 fully saturated rings. The Morgan fingerprint density at radius 1 is 1.39 bits per heavy atom. The summed E-state index contributed by atoms with van der Waals surface area (Å²) in [6.45, 7) is 4.05. The second kappa shape index (κ2) is 6.16. The van der Waals surface area contributed by atoms with Crippen molar-refractivity contribution in [1.82, 2.24) is 4.98 Å². The van der Waals surface area contributed by atoms with Crippen LogP contribution in [-0.2, 0) is 10.3 Å². The molecule has 1 aromatic rings. The summed E-state index contributed by atoms with van der Waals surface area (Å²) in [4.78, 5) is 4.16. The fourth-order valence-corrected chi connectivity index (χ4v) is 2.20. The molecule has 1 aliphatic rings. The molecule has 2 rings (SSSR count). The Balaban J connectivity index is 2.15. The molecule has 2 heterocycles. The third-order valence-electron chi connectivity index (χ3n) is 3.26. The molecular formula is C14H21NO3. The summed E-state index contributed by atoms with van der Waals surface area (Å²) in [5, 5.41) is 10.7. The van der Waals surface area contributed by atoms with Crippen LogP contribution in [0.15, 0.2) is 18.5 Å². The summed E-state index contributed by atoms with van der Waals surface area (Å²) in [5.41, 5.74) is 0.0105. The highest BCUT2D eigenvalue weighted by Gasteiger charge is 2.31. The monoisotopic (exact) mass is 251 g/mol. The van der Waals surface area contributed by atoms with Crippen molar-refractivity contribution >= 4 is 0 Å². The second-order valence-electron chi connectivity index (χ2n) is 4.76. The maximum atomic E-state index is 10.7. The maximum Gasteiger partial charge on any atom is 0.137 e. The van der Waals surface area contributed by atoms with Crippen LogP contribution in [0, 0.1) is 0 Å². The fraction of sp³-hybridized carbons (Fsp3) is 0.643. The van der Waals surface area contributed by atoms with Gasteiger partial charge in [-0.2, -0.15) is 0 Å². The van der Waals surface area contributed by atoms with E-state index in [0.717, 1.165) is 30.8 Å². The number of ether oxygens (including phenoxy) is 2. The van der Waals surface area contributed by atoms with Crippen LogP contribution in [0.5, 0.6) is 5.75 Å². The van der Waals surface area contributed by atoms with Crippen LogP contribution >= 0.6 is 0 Å². The quantitative estimate of drug-likeness (QED) is 0.891. The average Bonchev–Trinajstić information content (AvgIpc) is 2.63.